The number of nitrogens with zero attached hydrogens (tertiary/aromatic N) is 1. The summed E-state index contributed by atoms with van der Waals surface area (Å²) in [7, 11) is 0. The van der Waals surface area contributed by atoms with Gasteiger partial charge in [-0.15, -0.1) is 0 Å². The summed E-state index contributed by atoms with van der Waals surface area (Å²) in [5.74, 6) is 3.65. The van der Waals surface area contributed by atoms with Gasteiger partial charge in [-0.3, -0.25) is 14.6 Å². The van der Waals surface area contributed by atoms with Crippen LogP contribution in [0.3, 0.4) is 0 Å². The minimum absolute atomic E-state index is 0.0827. The molecule has 2 amide bonds. The van der Waals surface area contributed by atoms with E-state index < -0.39 is 0 Å². The maximum absolute atomic E-state index is 12.5. The van der Waals surface area contributed by atoms with Crippen LogP contribution in [0.2, 0.25) is 0 Å². The van der Waals surface area contributed by atoms with Crippen molar-refractivity contribution in [2.24, 2.45) is 40.4 Å². The largest absolute Gasteiger partial charge is 0.349 e. The van der Waals surface area contributed by atoms with Crippen molar-refractivity contribution in [2.45, 2.75) is 78.2 Å². The molecule has 4 aliphatic rings. The minimum atomic E-state index is 0.0827. The molecule has 33 heavy (non-hydrogen) atoms. The van der Waals surface area contributed by atoms with Crippen molar-refractivity contribution in [1.82, 2.24) is 10.3 Å². The van der Waals surface area contributed by atoms with Crippen LogP contribution in [0.1, 0.15) is 72.1 Å². The Morgan fingerprint density at radius 1 is 1.15 bits per heavy atom. The van der Waals surface area contributed by atoms with Crippen LogP contribution in [0.15, 0.2) is 36.7 Å². The molecule has 178 valence electrons. The first-order valence-electron chi connectivity index (χ1n) is 13.0. The Morgan fingerprint density at radius 2 is 1.94 bits per heavy atom. The molecule has 1 aromatic heterocycles. The predicted octanol–water partition coefficient (Wildman–Crippen LogP) is 5.35. The van der Waals surface area contributed by atoms with Crippen LogP contribution in [0.25, 0.3) is 0 Å². The van der Waals surface area contributed by atoms with E-state index in [1.165, 1.54) is 32.1 Å². The van der Waals surface area contributed by atoms with Crippen LogP contribution in [-0.2, 0) is 9.59 Å². The third kappa shape index (κ3) is 3.91. The highest BCUT2D eigenvalue weighted by Gasteiger charge is 2.60. The van der Waals surface area contributed by atoms with E-state index in [-0.39, 0.29) is 17.2 Å². The molecule has 1 aliphatic heterocycles. The van der Waals surface area contributed by atoms with Crippen molar-refractivity contribution in [3.63, 3.8) is 0 Å². The third-order valence-electron chi connectivity index (χ3n) is 10.2. The molecule has 0 radical (unpaired) electrons. The van der Waals surface area contributed by atoms with E-state index in [0.717, 1.165) is 30.4 Å². The molecular weight excluding hydrogens is 410 g/mol. The van der Waals surface area contributed by atoms with Crippen molar-refractivity contribution >= 4 is 17.5 Å². The van der Waals surface area contributed by atoms with Gasteiger partial charge in [0, 0.05) is 36.0 Å². The fourth-order valence-electron chi connectivity index (χ4n) is 8.53. The van der Waals surface area contributed by atoms with Gasteiger partial charge in [0.25, 0.3) is 0 Å². The smallest absolute Gasteiger partial charge is 0.243 e. The second-order valence-corrected chi connectivity index (χ2v) is 11.7. The van der Waals surface area contributed by atoms with Crippen molar-refractivity contribution in [3.05, 3.63) is 36.7 Å². The lowest BCUT2D eigenvalue weighted by molar-refractivity contribution is -0.122. The Hall–Kier alpha value is -2.17. The van der Waals surface area contributed by atoms with Gasteiger partial charge in [-0.25, -0.2) is 0 Å². The van der Waals surface area contributed by atoms with Gasteiger partial charge in [0.15, 0.2) is 0 Å². The van der Waals surface area contributed by atoms with Crippen molar-refractivity contribution < 1.29 is 9.59 Å². The maximum Gasteiger partial charge on any atom is 0.243 e. The number of anilines is 1. The Labute approximate surface area is 198 Å². The molecule has 3 saturated carbocycles. The molecule has 3 aliphatic carbocycles. The number of hydrogen-bond donors (Lipinski definition) is 2. The molecular formula is C28H39N3O2. The standard InChI is InChI=1S/C28H39N3O2/c1-18(4-9-25(32)30-19-12-16-29-17-13-19)21-6-7-22-20-5-8-24-28(3,15-11-26(33)31-24)23(20)10-14-27(21,22)2/h11-13,15-18,20-24H,4-10,14H2,1-3H3,(H,31,33)(H,29,30,32)/t18-,20+,21-,22+,23+,24-,27-,28-/m1/s1. The molecule has 2 N–H and O–H groups in total. The number of carbonyl (C=O) groups is 2. The van der Waals surface area contributed by atoms with E-state index >= 15 is 0 Å². The summed E-state index contributed by atoms with van der Waals surface area (Å²) in [6.45, 7) is 7.33. The molecule has 0 aromatic carbocycles. The average molecular weight is 450 g/mol. The molecule has 5 rings (SSSR count). The topological polar surface area (TPSA) is 71.1 Å². The lowest BCUT2D eigenvalue weighted by atomic mass is 9.47. The number of carbonyl (C=O) groups excluding carboxylic acids is 2. The van der Waals surface area contributed by atoms with E-state index in [9.17, 15) is 9.59 Å². The number of rotatable bonds is 5. The summed E-state index contributed by atoms with van der Waals surface area (Å²) < 4.78 is 0. The van der Waals surface area contributed by atoms with Gasteiger partial charge in [0.2, 0.25) is 11.8 Å². The highest BCUT2D eigenvalue weighted by Crippen LogP contribution is 2.66. The zero-order chi connectivity index (χ0) is 23.2. The zero-order valence-corrected chi connectivity index (χ0v) is 20.3. The molecule has 0 spiro atoms. The molecule has 2 heterocycles. The summed E-state index contributed by atoms with van der Waals surface area (Å²) in [4.78, 5) is 28.5. The van der Waals surface area contributed by atoms with Crippen LogP contribution in [-0.4, -0.2) is 22.8 Å². The predicted molar refractivity (Wildman–Crippen MR) is 130 cm³/mol. The van der Waals surface area contributed by atoms with E-state index in [0.29, 0.717) is 35.6 Å². The minimum Gasteiger partial charge on any atom is -0.349 e. The van der Waals surface area contributed by atoms with E-state index in [4.69, 9.17) is 0 Å². The Kier molecular flexibility index (Phi) is 5.86. The van der Waals surface area contributed by atoms with Gasteiger partial charge in [0.1, 0.15) is 0 Å². The number of hydrogen-bond acceptors (Lipinski definition) is 3. The highest BCUT2D eigenvalue weighted by atomic mass is 16.2. The number of pyridine rings is 1. The van der Waals surface area contributed by atoms with Gasteiger partial charge in [-0.05, 0) is 98.2 Å². The zero-order valence-electron chi connectivity index (χ0n) is 20.3. The highest BCUT2D eigenvalue weighted by molar-refractivity contribution is 5.90. The second-order valence-electron chi connectivity index (χ2n) is 11.7. The van der Waals surface area contributed by atoms with Crippen LogP contribution >= 0.6 is 0 Å². The van der Waals surface area contributed by atoms with Crippen molar-refractivity contribution in [1.29, 1.82) is 0 Å². The number of nitrogens with one attached hydrogen (secondary N) is 2. The Morgan fingerprint density at radius 3 is 2.73 bits per heavy atom. The first kappa shape index (κ1) is 22.6. The van der Waals surface area contributed by atoms with Gasteiger partial charge in [0.05, 0.1) is 0 Å². The molecule has 8 atom stereocenters. The summed E-state index contributed by atoms with van der Waals surface area (Å²) >= 11 is 0. The van der Waals surface area contributed by atoms with Gasteiger partial charge >= 0.3 is 0 Å². The first-order chi connectivity index (χ1) is 15.8. The van der Waals surface area contributed by atoms with E-state index in [1.807, 2.05) is 12.1 Å². The first-order valence-corrected chi connectivity index (χ1v) is 13.0. The van der Waals surface area contributed by atoms with Crippen LogP contribution in [0.4, 0.5) is 5.69 Å². The summed E-state index contributed by atoms with van der Waals surface area (Å²) in [6.07, 6.45) is 16.5. The summed E-state index contributed by atoms with van der Waals surface area (Å²) in [6, 6.07) is 3.98. The summed E-state index contributed by atoms with van der Waals surface area (Å²) in [5.41, 5.74) is 1.31. The number of aromatic nitrogens is 1. The fraction of sp³-hybridized carbons (Fsp3) is 0.679. The molecule has 3 fully saturated rings. The third-order valence-corrected chi connectivity index (χ3v) is 10.2. The van der Waals surface area contributed by atoms with E-state index in [2.05, 4.69) is 42.5 Å². The van der Waals surface area contributed by atoms with Crippen molar-refractivity contribution in [3.8, 4) is 0 Å². The normalized spacial score (nSPS) is 40.2. The SMILES string of the molecule is C[C@H](CCC(=O)Nc1ccncc1)[C@H]1CC[C@H]2[C@@H]3CC[C@H]4NC(=O)C=C[C@]4(C)[C@H]3CC[C@]12C. The molecule has 0 bridgehead atoms. The fourth-order valence-corrected chi connectivity index (χ4v) is 8.53. The van der Waals surface area contributed by atoms with Gasteiger partial charge in [-0.1, -0.05) is 26.8 Å². The Bertz CT molecular complexity index is 930. The number of amides is 2. The lowest BCUT2D eigenvalue weighted by Gasteiger charge is -2.59. The van der Waals surface area contributed by atoms with Gasteiger partial charge in [-0.2, -0.15) is 0 Å². The molecule has 0 unspecified atom stereocenters. The monoisotopic (exact) mass is 449 g/mol. The lowest BCUT2D eigenvalue weighted by Crippen LogP contribution is -2.59. The second kappa shape index (κ2) is 8.56. The quantitative estimate of drug-likeness (QED) is 0.636. The van der Waals surface area contributed by atoms with Crippen molar-refractivity contribution in [2.75, 3.05) is 5.32 Å². The van der Waals surface area contributed by atoms with Gasteiger partial charge < -0.3 is 10.6 Å². The Balaban J connectivity index is 1.24. The average Bonchev–Trinajstić information content (AvgIpc) is 3.16. The van der Waals surface area contributed by atoms with Crippen LogP contribution in [0.5, 0.6) is 0 Å². The molecule has 1 aromatic rings. The van der Waals surface area contributed by atoms with Crippen LogP contribution < -0.4 is 10.6 Å². The van der Waals surface area contributed by atoms with E-state index in [1.54, 1.807) is 18.5 Å². The molecule has 5 nitrogen and oxygen atoms in total. The molecule has 5 heteroatoms. The maximum atomic E-state index is 12.5. The summed E-state index contributed by atoms with van der Waals surface area (Å²) in [5, 5.41) is 6.27. The van der Waals surface area contributed by atoms with Crippen LogP contribution in [0, 0.1) is 40.4 Å². The number of fused-ring (bicyclic) bond motifs is 5. The molecule has 0 saturated heterocycles.